The monoisotopic (exact) mass is 277 g/mol. The minimum Gasteiger partial charge on any atom is -0.480 e. The normalized spacial score (nSPS) is 17.2. The van der Waals surface area contributed by atoms with E-state index in [0.717, 1.165) is 12.8 Å². The van der Waals surface area contributed by atoms with E-state index in [1.54, 1.807) is 12.1 Å². The first-order chi connectivity index (χ1) is 9.61. The first-order valence-corrected chi connectivity index (χ1v) is 6.72. The Balaban J connectivity index is 2.02. The summed E-state index contributed by atoms with van der Waals surface area (Å²) in [5.74, 6) is -0.978. The lowest BCUT2D eigenvalue weighted by molar-refractivity contribution is -0.144. The minimum absolute atomic E-state index is 0.410. The highest BCUT2D eigenvalue weighted by Gasteiger charge is 2.32. The fourth-order valence-electron chi connectivity index (χ4n) is 2.18. The number of carbonyl (C=O) groups excluding carboxylic acids is 1. The molecule has 108 valence electrons. The zero-order valence-corrected chi connectivity index (χ0v) is 11.4. The van der Waals surface area contributed by atoms with Crippen LogP contribution in [0.2, 0.25) is 0 Å². The molecule has 0 unspecified atom stereocenters. The molecule has 1 saturated carbocycles. The number of methoxy groups -OCH3 is 1. The molecule has 5 nitrogen and oxygen atoms in total. The molecule has 0 bridgehead atoms. The summed E-state index contributed by atoms with van der Waals surface area (Å²) < 4.78 is 5.19. The van der Waals surface area contributed by atoms with Crippen molar-refractivity contribution in [2.75, 3.05) is 7.11 Å². The summed E-state index contributed by atoms with van der Waals surface area (Å²) in [5, 5.41) is 11.7. The predicted molar refractivity (Wildman–Crippen MR) is 73.1 cm³/mol. The third kappa shape index (κ3) is 3.81. The average molecular weight is 277 g/mol. The molecule has 5 heteroatoms. The number of benzene rings is 1. The van der Waals surface area contributed by atoms with Crippen molar-refractivity contribution >= 4 is 11.9 Å². The highest BCUT2D eigenvalue weighted by Crippen LogP contribution is 2.33. The van der Waals surface area contributed by atoms with Crippen molar-refractivity contribution in [2.24, 2.45) is 5.92 Å². The molecule has 1 fully saturated rings. The Morgan fingerprint density at radius 1 is 1.35 bits per heavy atom. The Bertz CT molecular complexity index is 470. The summed E-state index contributed by atoms with van der Waals surface area (Å²) in [7, 11) is 1.44. The van der Waals surface area contributed by atoms with Gasteiger partial charge in [-0.1, -0.05) is 43.2 Å². The number of rotatable bonds is 7. The van der Waals surface area contributed by atoms with Crippen molar-refractivity contribution in [3.05, 3.63) is 35.9 Å². The number of amides is 1. The van der Waals surface area contributed by atoms with E-state index in [1.807, 2.05) is 18.2 Å². The van der Waals surface area contributed by atoms with Crippen LogP contribution in [0.5, 0.6) is 0 Å². The number of carboxylic acid groups (broad SMARTS) is 1. The molecule has 1 aliphatic carbocycles. The van der Waals surface area contributed by atoms with E-state index in [2.05, 4.69) is 5.32 Å². The van der Waals surface area contributed by atoms with Gasteiger partial charge < -0.3 is 15.2 Å². The van der Waals surface area contributed by atoms with Crippen molar-refractivity contribution in [3.8, 4) is 0 Å². The Morgan fingerprint density at radius 3 is 2.50 bits per heavy atom. The fraction of sp³-hybridized carbons (Fsp3) is 0.467. The van der Waals surface area contributed by atoms with Gasteiger partial charge in [-0.15, -0.1) is 0 Å². The lowest BCUT2D eigenvalue weighted by Crippen LogP contribution is -2.43. The molecule has 20 heavy (non-hydrogen) atoms. The fourth-order valence-corrected chi connectivity index (χ4v) is 2.18. The van der Waals surface area contributed by atoms with Crippen LogP contribution in [-0.4, -0.2) is 30.1 Å². The van der Waals surface area contributed by atoms with Gasteiger partial charge in [-0.25, -0.2) is 4.79 Å². The van der Waals surface area contributed by atoms with Crippen LogP contribution in [-0.2, 0) is 14.3 Å². The number of ether oxygens (including phenoxy) is 1. The molecule has 0 saturated heterocycles. The summed E-state index contributed by atoms with van der Waals surface area (Å²) in [6.45, 7) is 0. The molecule has 0 aliphatic heterocycles. The predicted octanol–water partition coefficient (Wildman–Crippen LogP) is 1.74. The number of hydrogen-bond acceptors (Lipinski definition) is 3. The second-order valence-electron chi connectivity index (χ2n) is 5.10. The molecule has 0 heterocycles. The van der Waals surface area contributed by atoms with Gasteiger partial charge in [0, 0.05) is 7.11 Å². The molecular formula is C15H19NO4. The molecule has 0 radical (unpaired) electrons. The van der Waals surface area contributed by atoms with Crippen LogP contribution in [0, 0.1) is 5.92 Å². The summed E-state index contributed by atoms with van der Waals surface area (Å²) in [4.78, 5) is 23.4. The van der Waals surface area contributed by atoms with E-state index in [1.165, 1.54) is 7.11 Å². The van der Waals surface area contributed by atoms with Crippen molar-refractivity contribution in [1.82, 2.24) is 5.32 Å². The van der Waals surface area contributed by atoms with Crippen LogP contribution >= 0.6 is 0 Å². The molecule has 1 aromatic rings. The molecular weight excluding hydrogens is 258 g/mol. The van der Waals surface area contributed by atoms with E-state index >= 15 is 0 Å². The van der Waals surface area contributed by atoms with Gasteiger partial charge >= 0.3 is 5.97 Å². The summed E-state index contributed by atoms with van der Waals surface area (Å²) in [6, 6.07) is 8.20. The minimum atomic E-state index is -0.992. The Morgan fingerprint density at radius 2 is 2.00 bits per heavy atom. The van der Waals surface area contributed by atoms with Crippen LogP contribution in [0.3, 0.4) is 0 Å². The van der Waals surface area contributed by atoms with Crippen molar-refractivity contribution in [1.29, 1.82) is 0 Å². The second kappa shape index (κ2) is 6.52. The maximum absolute atomic E-state index is 12.2. The Labute approximate surface area is 117 Å². The van der Waals surface area contributed by atoms with E-state index in [4.69, 9.17) is 9.84 Å². The third-order valence-electron chi connectivity index (χ3n) is 3.46. The number of carbonyl (C=O) groups is 2. The van der Waals surface area contributed by atoms with Gasteiger partial charge in [0.15, 0.2) is 6.10 Å². The standard InChI is InChI=1S/C15H19NO4/c1-20-13(11-5-3-2-4-6-11)14(17)16-12(15(18)19)9-10-7-8-10/h2-6,10,12-13H,7-9H2,1H3,(H,16,17)(H,18,19)/t12-,13+/m1/s1. The molecule has 1 aliphatic rings. The van der Waals surface area contributed by atoms with Crippen molar-refractivity contribution in [2.45, 2.75) is 31.4 Å². The SMILES string of the molecule is CO[C@H](C(=O)N[C@H](CC1CC1)C(=O)O)c1ccccc1. The Hall–Kier alpha value is -1.88. The van der Waals surface area contributed by atoms with Gasteiger partial charge in [-0.3, -0.25) is 4.79 Å². The lowest BCUT2D eigenvalue weighted by Gasteiger charge is -2.19. The van der Waals surface area contributed by atoms with Gasteiger partial charge in [0.1, 0.15) is 6.04 Å². The highest BCUT2D eigenvalue weighted by molar-refractivity contribution is 5.87. The Kier molecular flexibility index (Phi) is 4.74. The quantitative estimate of drug-likeness (QED) is 0.796. The van der Waals surface area contributed by atoms with Gasteiger partial charge in [-0.2, -0.15) is 0 Å². The maximum atomic E-state index is 12.2. The van der Waals surface area contributed by atoms with E-state index in [9.17, 15) is 9.59 Å². The van der Waals surface area contributed by atoms with E-state index in [0.29, 0.717) is 17.9 Å². The number of carboxylic acids is 1. The zero-order chi connectivity index (χ0) is 14.5. The van der Waals surface area contributed by atoms with Gasteiger partial charge in [0.05, 0.1) is 0 Å². The number of hydrogen-bond donors (Lipinski definition) is 2. The van der Waals surface area contributed by atoms with Gasteiger partial charge in [0.2, 0.25) is 0 Å². The molecule has 2 rings (SSSR count). The van der Waals surface area contributed by atoms with Gasteiger partial charge in [-0.05, 0) is 17.9 Å². The van der Waals surface area contributed by atoms with Crippen molar-refractivity contribution in [3.63, 3.8) is 0 Å². The first kappa shape index (κ1) is 14.5. The molecule has 0 aromatic heterocycles. The molecule has 2 N–H and O–H groups in total. The smallest absolute Gasteiger partial charge is 0.326 e. The summed E-state index contributed by atoms with van der Waals surface area (Å²) in [5.41, 5.74) is 0.711. The largest absolute Gasteiger partial charge is 0.480 e. The van der Waals surface area contributed by atoms with Crippen molar-refractivity contribution < 1.29 is 19.4 Å². The summed E-state index contributed by atoms with van der Waals surface area (Å²) in [6.07, 6.45) is 1.81. The molecule has 2 atom stereocenters. The maximum Gasteiger partial charge on any atom is 0.326 e. The second-order valence-corrected chi connectivity index (χ2v) is 5.10. The topological polar surface area (TPSA) is 75.6 Å². The van der Waals surface area contributed by atoms with Gasteiger partial charge in [0.25, 0.3) is 5.91 Å². The number of aliphatic carboxylic acids is 1. The van der Waals surface area contributed by atoms with E-state index < -0.39 is 24.0 Å². The van der Waals surface area contributed by atoms with Crippen LogP contribution in [0.1, 0.15) is 30.9 Å². The van der Waals surface area contributed by atoms with E-state index in [-0.39, 0.29) is 0 Å². The molecule has 1 amide bonds. The average Bonchev–Trinajstić information content (AvgIpc) is 3.24. The molecule has 1 aromatic carbocycles. The van der Waals surface area contributed by atoms with Crippen LogP contribution in [0.15, 0.2) is 30.3 Å². The first-order valence-electron chi connectivity index (χ1n) is 6.72. The third-order valence-corrected chi connectivity index (χ3v) is 3.46. The summed E-state index contributed by atoms with van der Waals surface area (Å²) >= 11 is 0. The lowest BCUT2D eigenvalue weighted by atomic mass is 10.1. The highest BCUT2D eigenvalue weighted by atomic mass is 16.5. The number of nitrogens with one attached hydrogen (secondary N) is 1. The van der Waals surface area contributed by atoms with Crippen LogP contribution in [0.25, 0.3) is 0 Å². The van der Waals surface area contributed by atoms with Crippen LogP contribution < -0.4 is 5.32 Å². The zero-order valence-electron chi connectivity index (χ0n) is 11.4. The molecule has 0 spiro atoms. The van der Waals surface area contributed by atoms with Crippen LogP contribution in [0.4, 0.5) is 0 Å².